The van der Waals surface area contributed by atoms with Crippen molar-refractivity contribution in [3.8, 4) is 0 Å². The molecule has 1 heterocycles. The SMILES string of the molecule is CC.Cc1cc(NC(=O)C2CC2)ncn1. The molecule has 1 aliphatic carbocycles. The molecule has 0 radical (unpaired) electrons. The summed E-state index contributed by atoms with van der Waals surface area (Å²) in [4.78, 5) is 19.2. The van der Waals surface area contributed by atoms with Crippen molar-refractivity contribution in [1.29, 1.82) is 0 Å². The highest BCUT2D eigenvalue weighted by Gasteiger charge is 2.29. The molecule has 0 aromatic carbocycles. The zero-order valence-corrected chi connectivity index (χ0v) is 9.45. The van der Waals surface area contributed by atoms with Gasteiger partial charge in [0.05, 0.1) is 0 Å². The largest absolute Gasteiger partial charge is 0.310 e. The highest BCUT2D eigenvalue weighted by atomic mass is 16.2. The van der Waals surface area contributed by atoms with E-state index in [1.807, 2.05) is 20.8 Å². The summed E-state index contributed by atoms with van der Waals surface area (Å²) in [5.41, 5.74) is 0.862. The Hall–Kier alpha value is -1.45. The maximum absolute atomic E-state index is 11.3. The van der Waals surface area contributed by atoms with Gasteiger partial charge in [0.2, 0.25) is 5.91 Å². The van der Waals surface area contributed by atoms with E-state index in [9.17, 15) is 4.79 Å². The van der Waals surface area contributed by atoms with Crippen molar-refractivity contribution in [2.45, 2.75) is 33.6 Å². The lowest BCUT2D eigenvalue weighted by Gasteiger charge is -2.02. The minimum Gasteiger partial charge on any atom is -0.310 e. The van der Waals surface area contributed by atoms with Crippen LogP contribution in [0.1, 0.15) is 32.4 Å². The van der Waals surface area contributed by atoms with Crippen LogP contribution in [0.5, 0.6) is 0 Å². The Bertz CT molecular complexity index is 334. The zero-order chi connectivity index (χ0) is 11.3. The molecule has 1 fully saturated rings. The summed E-state index contributed by atoms with van der Waals surface area (Å²) in [7, 11) is 0. The summed E-state index contributed by atoms with van der Waals surface area (Å²) < 4.78 is 0. The van der Waals surface area contributed by atoms with Crippen molar-refractivity contribution < 1.29 is 4.79 Å². The lowest BCUT2D eigenvalue weighted by atomic mass is 10.4. The second-order valence-electron chi connectivity index (χ2n) is 3.31. The molecule has 82 valence electrons. The van der Waals surface area contributed by atoms with E-state index in [0.29, 0.717) is 5.82 Å². The van der Waals surface area contributed by atoms with E-state index in [0.717, 1.165) is 18.5 Å². The van der Waals surface area contributed by atoms with Gasteiger partial charge in [-0.05, 0) is 19.8 Å². The molecule has 4 heteroatoms. The summed E-state index contributed by atoms with van der Waals surface area (Å²) >= 11 is 0. The number of nitrogens with zero attached hydrogens (tertiary/aromatic N) is 2. The number of aromatic nitrogens is 2. The molecule has 0 unspecified atom stereocenters. The summed E-state index contributed by atoms with van der Waals surface area (Å²) in [6.07, 6.45) is 3.48. The van der Waals surface area contributed by atoms with E-state index in [1.54, 1.807) is 6.07 Å². The molecular formula is C11H17N3O. The Morgan fingerprint density at radius 3 is 2.60 bits per heavy atom. The number of anilines is 1. The molecule has 1 amide bonds. The van der Waals surface area contributed by atoms with Crippen LogP contribution in [0.2, 0.25) is 0 Å². The molecule has 1 aromatic heterocycles. The first-order valence-corrected chi connectivity index (χ1v) is 5.35. The molecule has 0 spiro atoms. The third-order valence-electron chi connectivity index (χ3n) is 2.00. The van der Waals surface area contributed by atoms with E-state index in [2.05, 4.69) is 15.3 Å². The van der Waals surface area contributed by atoms with Gasteiger partial charge >= 0.3 is 0 Å². The van der Waals surface area contributed by atoms with Gasteiger partial charge in [-0.25, -0.2) is 9.97 Å². The van der Waals surface area contributed by atoms with Crippen molar-refractivity contribution in [3.63, 3.8) is 0 Å². The number of nitrogens with one attached hydrogen (secondary N) is 1. The van der Waals surface area contributed by atoms with Crippen molar-refractivity contribution in [1.82, 2.24) is 9.97 Å². The molecule has 0 bridgehead atoms. The van der Waals surface area contributed by atoms with E-state index in [4.69, 9.17) is 0 Å². The monoisotopic (exact) mass is 207 g/mol. The number of carbonyl (C=O) groups excluding carboxylic acids is 1. The number of carbonyl (C=O) groups is 1. The zero-order valence-electron chi connectivity index (χ0n) is 9.45. The van der Waals surface area contributed by atoms with E-state index in [-0.39, 0.29) is 11.8 Å². The van der Waals surface area contributed by atoms with Crippen molar-refractivity contribution in [3.05, 3.63) is 18.1 Å². The quantitative estimate of drug-likeness (QED) is 0.808. The summed E-state index contributed by atoms with van der Waals surface area (Å²) in [5.74, 6) is 0.901. The molecule has 1 aliphatic rings. The number of rotatable bonds is 2. The second-order valence-corrected chi connectivity index (χ2v) is 3.31. The molecular weight excluding hydrogens is 190 g/mol. The average molecular weight is 207 g/mol. The van der Waals surface area contributed by atoms with Crippen LogP contribution in [0.3, 0.4) is 0 Å². The van der Waals surface area contributed by atoms with Gasteiger partial charge in [-0.1, -0.05) is 13.8 Å². The minimum absolute atomic E-state index is 0.0816. The van der Waals surface area contributed by atoms with Crippen LogP contribution in [0.4, 0.5) is 5.82 Å². The smallest absolute Gasteiger partial charge is 0.228 e. The molecule has 4 nitrogen and oxygen atoms in total. The fraction of sp³-hybridized carbons (Fsp3) is 0.545. The predicted octanol–water partition coefficient (Wildman–Crippen LogP) is 2.16. The van der Waals surface area contributed by atoms with Crippen molar-refractivity contribution in [2.24, 2.45) is 5.92 Å². The fourth-order valence-corrected chi connectivity index (χ4v) is 1.10. The summed E-state index contributed by atoms with van der Waals surface area (Å²) in [5, 5.41) is 2.75. The van der Waals surface area contributed by atoms with E-state index >= 15 is 0 Å². The lowest BCUT2D eigenvalue weighted by Crippen LogP contribution is -2.14. The van der Waals surface area contributed by atoms with Gasteiger partial charge in [0.15, 0.2) is 0 Å². The van der Waals surface area contributed by atoms with Crippen LogP contribution in [0.25, 0.3) is 0 Å². The number of hydrogen-bond acceptors (Lipinski definition) is 3. The van der Waals surface area contributed by atoms with Gasteiger partial charge in [-0.15, -0.1) is 0 Å². The normalized spacial score (nSPS) is 13.8. The first kappa shape index (κ1) is 11.6. The van der Waals surface area contributed by atoms with Gasteiger partial charge in [0.1, 0.15) is 12.1 Å². The standard InChI is InChI=1S/C9H11N3O.C2H6/c1-6-4-8(11-5-10-6)12-9(13)7-2-3-7;1-2/h4-5,7H,2-3H2,1H3,(H,10,11,12,13);1-2H3. The molecule has 1 saturated carbocycles. The molecule has 1 N–H and O–H groups in total. The van der Waals surface area contributed by atoms with Gasteiger partial charge in [-0.3, -0.25) is 4.79 Å². The van der Waals surface area contributed by atoms with Gasteiger partial charge in [-0.2, -0.15) is 0 Å². The maximum Gasteiger partial charge on any atom is 0.228 e. The number of aryl methyl sites for hydroxylation is 1. The minimum atomic E-state index is 0.0816. The maximum atomic E-state index is 11.3. The Morgan fingerprint density at radius 2 is 2.07 bits per heavy atom. The third-order valence-corrected chi connectivity index (χ3v) is 2.00. The second kappa shape index (κ2) is 5.44. The molecule has 0 aliphatic heterocycles. The highest BCUT2D eigenvalue weighted by Crippen LogP contribution is 2.29. The van der Waals surface area contributed by atoms with Crippen molar-refractivity contribution >= 4 is 11.7 Å². The van der Waals surface area contributed by atoms with Crippen LogP contribution in [0.15, 0.2) is 12.4 Å². The molecule has 2 rings (SSSR count). The van der Waals surface area contributed by atoms with Crippen LogP contribution in [-0.4, -0.2) is 15.9 Å². The molecule has 0 saturated heterocycles. The van der Waals surface area contributed by atoms with E-state index in [1.165, 1.54) is 6.33 Å². The van der Waals surface area contributed by atoms with Crippen LogP contribution < -0.4 is 5.32 Å². The van der Waals surface area contributed by atoms with Gasteiger partial charge in [0.25, 0.3) is 0 Å². The Balaban J connectivity index is 0.000000531. The van der Waals surface area contributed by atoms with Crippen LogP contribution >= 0.6 is 0 Å². The van der Waals surface area contributed by atoms with Gasteiger partial charge in [0, 0.05) is 17.7 Å². The highest BCUT2D eigenvalue weighted by molar-refractivity contribution is 5.93. The van der Waals surface area contributed by atoms with Crippen LogP contribution in [-0.2, 0) is 4.79 Å². The first-order chi connectivity index (χ1) is 7.25. The Morgan fingerprint density at radius 1 is 1.40 bits per heavy atom. The third kappa shape index (κ3) is 3.65. The number of amides is 1. The topological polar surface area (TPSA) is 54.9 Å². The van der Waals surface area contributed by atoms with Crippen LogP contribution in [0, 0.1) is 12.8 Å². The fourth-order valence-electron chi connectivity index (χ4n) is 1.10. The van der Waals surface area contributed by atoms with E-state index < -0.39 is 0 Å². The number of hydrogen-bond donors (Lipinski definition) is 1. The van der Waals surface area contributed by atoms with Crippen molar-refractivity contribution in [2.75, 3.05) is 5.32 Å². The predicted molar refractivity (Wildman–Crippen MR) is 59.5 cm³/mol. The van der Waals surface area contributed by atoms with Gasteiger partial charge < -0.3 is 5.32 Å². The molecule has 1 aromatic rings. The Kier molecular flexibility index (Phi) is 4.21. The average Bonchev–Trinajstić information content (AvgIpc) is 3.04. The summed E-state index contributed by atoms with van der Waals surface area (Å²) in [6, 6.07) is 1.76. The first-order valence-electron chi connectivity index (χ1n) is 5.35. The molecule has 15 heavy (non-hydrogen) atoms. The molecule has 0 atom stereocenters. The summed E-state index contributed by atoms with van der Waals surface area (Å²) in [6.45, 7) is 5.87. The lowest BCUT2D eigenvalue weighted by molar-refractivity contribution is -0.117. The Labute approximate surface area is 90.1 Å².